The first kappa shape index (κ1) is 21.3. The lowest BCUT2D eigenvalue weighted by atomic mass is 10.0. The molecule has 1 N–H and O–H groups in total. The number of benzene rings is 2. The van der Waals surface area contributed by atoms with E-state index in [0.717, 1.165) is 62.8 Å². The van der Waals surface area contributed by atoms with Crippen molar-refractivity contribution in [1.29, 1.82) is 0 Å². The molecule has 0 bridgehead atoms. The Balaban J connectivity index is 1.42. The van der Waals surface area contributed by atoms with Gasteiger partial charge in [-0.1, -0.05) is 49.4 Å². The molecule has 0 aliphatic carbocycles. The van der Waals surface area contributed by atoms with Crippen molar-refractivity contribution < 1.29 is 9.84 Å². The predicted octanol–water partition coefficient (Wildman–Crippen LogP) is 4.27. The zero-order valence-corrected chi connectivity index (χ0v) is 18.2. The number of hydrogen-bond donors (Lipinski definition) is 1. The Hall–Kier alpha value is -2.89. The zero-order valence-electron chi connectivity index (χ0n) is 18.2. The van der Waals surface area contributed by atoms with E-state index in [2.05, 4.69) is 46.0 Å². The number of anilines is 1. The largest absolute Gasteiger partial charge is 0.493 e. The summed E-state index contributed by atoms with van der Waals surface area (Å²) in [6.45, 7) is 7.55. The van der Waals surface area contributed by atoms with Gasteiger partial charge in [0.15, 0.2) is 0 Å². The molecule has 1 aliphatic rings. The van der Waals surface area contributed by atoms with Crippen molar-refractivity contribution in [1.82, 2.24) is 9.88 Å². The number of aliphatic hydroxyl groups excluding tert-OH is 1. The molecule has 1 fully saturated rings. The van der Waals surface area contributed by atoms with E-state index in [1.165, 1.54) is 5.56 Å². The Morgan fingerprint density at radius 1 is 0.935 bits per heavy atom. The Morgan fingerprint density at radius 2 is 1.68 bits per heavy atom. The van der Waals surface area contributed by atoms with Gasteiger partial charge in [0.25, 0.3) is 0 Å². The molecule has 5 nitrogen and oxygen atoms in total. The number of hydrogen-bond acceptors (Lipinski definition) is 5. The highest BCUT2D eigenvalue weighted by atomic mass is 16.5. The van der Waals surface area contributed by atoms with Gasteiger partial charge in [0.1, 0.15) is 11.9 Å². The average molecular weight is 418 g/mol. The molecule has 1 aliphatic heterocycles. The third-order valence-corrected chi connectivity index (χ3v) is 5.74. The fourth-order valence-electron chi connectivity index (χ4n) is 4.08. The smallest absolute Gasteiger partial charge is 0.123 e. The molecule has 5 heteroatoms. The number of aromatic nitrogens is 1. The summed E-state index contributed by atoms with van der Waals surface area (Å²) in [5.74, 6) is 0.996. The Morgan fingerprint density at radius 3 is 2.45 bits per heavy atom. The van der Waals surface area contributed by atoms with E-state index < -0.39 is 6.10 Å². The van der Waals surface area contributed by atoms with Gasteiger partial charge < -0.3 is 14.7 Å². The third kappa shape index (κ3) is 5.24. The maximum atomic E-state index is 10.9. The van der Waals surface area contributed by atoms with Crippen LogP contribution in [0, 0.1) is 0 Å². The molecule has 1 saturated heterocycles. The second-order valence-corrected chi connectivity index (χ2v) is 7.94. The number of pyridine rings is 1. The van der Waals surface area contributed by atoms with Gasteiger partial charge in [-0.25, -0.2) is 0 Å². The summed E-state index contributed by atoms with van der Waals surface area (Å²) in [6.07, 6.45) is 2.01. The van der Waals surface area contributed by atoms with Crippen LogP contribution in [0.2, 0.25) is 0 Å². The van der Waals surface area contributed by atoms with E-state index in [9.17, 15) is 5.11 Å². The summed E-state index contributed by atoms with van der Waals surface area (Å²) >= 11 is 0. The van der Waals surface area contributed by atoms with Crippen LogP contribution < -0.4 is 9.64 Å². The van der Waals surface area contributed by atoms with Crippen molar-refractivity contribution >= 4 is 5.69 Å². The molecule has 1 aromatic heterocycles. The van der Waals surface area contributed by atoms with Crippen LogP contribution in [0.15, 0.2) is 72.9 Å². The van der Waals surface area contributed by atoms with Gasteiger partial charge in [0, 0.05) is 55.7 Å². The average Bonchev–Trinajstić information content (AvgIpc) is 2.84. The summed E-state index contributed by atoms with van der Waals surface area (Å²) in [5.41, 5.74) is 3.92. The quantitative estimate of drug-likeness (QED) is 0.593. The molecular formula is C26H31N3O2. The highest BCUT2D eigenvalue weighted by Crippen LogP contribution is 2.31. The number of para-hydroxylation sites is 2. The molecule has 0 radical (unpaired) electrons. The highest BCUT2D eigenvalue weighted by molar-refractivity contribution is 5.56. The first-order valence-electron chi connectivity index (χ1n) is 11.1. The Bertz CT molecular complexity index is 956. The molecule has 0 saturated carbocycles. The first-order chi connectivity index (χ1) is 15.3. The molecule has 1 atom stereocenters. The van der Waals surface area contributed by atoms with Crippen LogP contribution in [0.1, 0.15) is 36.3 Å². The molecule has 1 unspecified atom stereocenters. The van der Waals surface area contributed by atoms with Crippen molar-refractivity contribution in [2.75, 3.05) is 37.7 Å². The lowest BCUT2D eigenvalue weighted by Crippen LogP contribution is -2.46. The molecule has 162 valence electrons. The second kappa shape index (κ2) is 10.4. The Labute approximate surface area is 184 Å². The molecule has 4 rings (SSSR count). The van der Waals surface area contributed by atoms with Gasteiger partial charge in [-0.3, -0.25) is 9.88 Å². The van der Waals surface area contributed by atoms with Gasteiger partial charge >= 0.3 is 0 Å². The summed E-state index contributed by atoms with van der Waals surface area (Å²) < 4.78 is 5.93. The fourth-order valence-corrected chi connectivity index (χ4v) is 4.08. The minimum Gasteiger partial charge on any atom is -0.493 e. The van der Waals surface area contributed by atoms with Gasteiger partial charge in [0.2, 0.25) is 0 Å². The molecule has 2 heterocycles. The van der Waals surface area contributed by atoms with Gasteiger partial charge in [-0.05, 0) is 30.7 Å². The number of ether oxygens (including phenoxy) is 1. The monoisotopic (exact) mass is 417 g/mol. The van der Waals surface area contributed by atoms with E-state index in [-0.39, 0.29) is 0 Å². The van der Waals surface area contributed by atoms with E-state index in [1.807, 2.05) is 42.5 Å². The fraction of sp³-hybridized carbons (Fsp3) is 0.346. The topological polar surface area (TPSA) is 48.8 Å². The zero-order chi connectivity index (χ0) is 21.5. The standard InChI is InChI=1S/C26H31N3O2/c1-2-19-31-25-13-6-3-9-21(25)20-28-15-17-29(18-16-28)24-12-5-4-10-22(24)26(30)23-11-7-8-14-27-23/h3-14,26,30H,2,15-20H2,1H3. The van der Waals surface area contributed by atoms with Crippen LogP contribution >= 0.6 is 0 Å². The van der Waals surface area contributed by atoms with Gasteiger partial charge in [0.05, 0.1) is 12.3 Å². The number of piperazine rings is 1. The minimum absolute atomic E-state index is 0.678. The number of aliphatic hydroxyl groups is 1. The van der Waals surface area contributed by atoms with Gasteiger partial charge in [-0.2, -0.15) is 0 Å². The minimum atomic E-state index is -0.724. The molecular weight excluding hydrogens is 386 g/mol. The van der Waals surface area contributed by atoms with Crippen LogP contribution in [-0.2, 0) is 6.54 Å². The van der Waals surface area contributed by atoms with Crippen LogP contribution in [0.3, 0.4) is 0 Å². The molecule has 0 amide bonds. The van der Waals surface area contributed by atoms with Crippen LogP contribution in [-0.4, -0.2) is 47.8 Å². The van der Waals surface area contributed by atoms with E-state index in [4.69, 9.17) is 4.74 Å². The summed E-state index contributed by atoms with van der Waals surface area (Å²) in [6, 6.07) is 22.1. The van der Waals surface area contributed by atoms with Crippen LogP contribution in [0.4, 0.5) is 5.69 Å². The van der Waals surface area contributed by atoms with Crippen molar-refractivity contribution in [2.45, 2.75) is 26.0 Å². The molecule has 2 aromatic carbocycles. The maximum absolute atomic E-state index is 10.9. The second-order valence-electron chi connectivity index (χ2n) is 7.94. The number of rotatable bonds is 8. The molecule has 3 aromatic rings. The predicted molar refractivity (Wildman–Crippen MR) is 124 cm³/mol. The Kier molecular flexibility index (Phi) is 7.18. The molecule has 0 spiro atoms. The first-order valence-corrected chi connectivity index (χ1v) is 11.1. The van der Waals surface area contributed by atoms with Crippen molar-refractivity contribution in [3.63, 3.8) is 0 Å². The van der Waals surface area contributed by atoms with Crippen molar-refractivity contribution in [2.24, 2.45) is 0 Å². The SMILES string of the molecule is CCCOc1ccccc1CN1CCN(c2ccccc2C(O)c2ccccn2)CC1. The summed E-state index contributed by atoms with van der Waals surface area (Å²) in [7, 11) is 0. The van der Waals surface area contributed by atoms with E-state index >= 15 is 0 Å². The van der Waals surface area contributed by atoms with E-state index in [1.54, 1.807) is 6.20 Å². The summed E-state index contributed by atoms with van der Waals surface area (Å²) in [5, 5.41) is 10.9. The van der Waals surface area contributed by atoms with Crippen molar-refractivity contribution in [3.05, 3.63) is 89.7 Å². The van der Waals surface area contributed by atoms with Crippen LogP contribution in [0.25, 0.3) is 0 Å². The van der Waals surface area contributed by atoms with Gasteiger partial charge in [-0.15, -0.1) is 0 Å². The number of nitrogens with zero attached hydrogens (tertiary/aromatic N) is 3. The summed E-state index contributed by atoms with van der Waals surface area (Å²) in [4.78, 5) is 9.19. The molecule has 31 heavy (non-hydrogen) atoms. The highest BCUT2D eigenvalue weighted by Gasteiger charge is 2.23. The normalized spacial score (nSPS) is 15.6. The lowest BCUT2D eigenvalue weighted by Gasteiger charge is -2.37. The maximum Gasteiger partial charge on any atom is 0.123 e. The third-order valence-electron chi connectivity index (χ3n) is 5.74. The van der Waals surface area contributed by atoms with E-state index in [0.29, 0.717) is 5.69 Å². The van der Waals surface area contributed by atoms with Crippen molar-refractivity contribution in [3.8, 4) is 5.75 Å². The van der Waals surface area contributed by atoms with Crippen LogP contribution in [0.5, 0.6) is 5.75 Å². The lowest BCUT2D eigenvalue weighted by molar-refractivity contribution is 0.214.